The van der Waals surface area contributed by atoms with Gasteiger partial charge in [0.15, 0.2) is 0 Å². The summed E-state index contributed by atoms with van der Waals surface area (Å²) in [6.07, 6.45) is 0.108. The molecule has 0 saturated heterocycles. The van der Waals surface area contributed by atoms with Crippen molar-refractivity contribution in [2.24, 2.45) is 7.05 Å². The monoisotopic (exact) mass is 340 g/mol. The van der Waals surface area contributed by atoms with Gasteiger partial charge in [0.1, 0.15) is 17.3 Å². The fraction of sp³-hybridized carbons (Fsp3) is 0.278. The molecule has 0 radical (unpaired) electrons. The molecule has 0 aliphatic rings. The smallest absolute Gasteiger partial charge is 0.233 e. The predicted octanol–water partition coefficient (Wildman–Crippen LogP) is 2.88. The molecule has 0 saturated carbocycles. The van der Waals surface area contributed by atoms with Gasteiger partial charge >= 0.3 is 0 Å². The van der Waals surface area contributed by atoms with E-state index < -0.39 is 0 Å². The van der Waals surface area contributed by atoms with E-state index in [1.165, 1.54) is 0 Å². The number of para-hydroxylation sites is 1. The van der Waals surface area contributed by atoms with Gasteiger partial charge in [-0.15, -0.1) is 0 Å². The van der Waals surface area contributed by atoms with Crippen LogP contribution in [0.25, 0.3) is 11.1 Å². The number of benzene rings is 1. The fourth-order valence-electron chi connectivity index (χ4n) is 2.81. The first-order valence-corrected chi connectivity index (χ1v) is 7.88. The Morgan fingerprint density at radius 1 is 1.32 bits per heavy atom. The van der Waals surface area contributed by atoms with Crippen LogP contribution in [0.1, 0.15) is 17.1 Å². The van der Waals surface area contributed by atoms with E-state index in [0.717, 1.165) is 28.3 Å². The van der Waals surface area contributed by atoms with Gasteiger partial charge in [-0.05, 0) is 19.9 Å². The maximum atomic E-state index is 12.4. The number of aryl methyl sites for hydroxylation is 3. The number of methoxy groups -OCH3 is 1. The fourth-order valence-corrected chi connectivity index (χ4v) is 2.81. The van der Waals surface area contributed by atoms with Gasteiger partial charge in [0.2, 0.25) is 5.91 Å². The molecule has 1 N–H and O–H groups in total. The number of nitrogens with one attached hydrogen (secondary N) is 1. The summed E-state index contributed by atoms with van der Waals surface area (Å²) in [6, 6.07) is 9.39. The third-order valence-electron chi connectivity index (χ3n) is 3.87. The summed E-state index contributed by atoms with van der Waals surface area (Å²) in [6.45, 7) is 3.71. The molecule has 7 nitrogen and oxygen atoms in total. The first-order valence-electron chi connectivity index (χ1n) is 7.88. The third-order valence-corrected chi connectivity index (χ3v) is 3.87. The summed E-state index contributed by atoms with van der Waals surface area (Å²) >= 11 is 0. The van der Waals surface area contributed by atoms with Crippen LogP contribution in [0.3, 0.4) is 0 Å². The molecule has 0 spiro atoms. The summed E-state index contributed by atoms with van der Waals surface area (Å²) in [7, 11) is 3.41. The number of rotatable bonds is 5. The maximum Gasteiger partial charge on any atom is 0.233 e. The Morgan fingerprint density at radius 2 is 2.08 bits per heavy atom. The predicted molar refractivity (Wildman–Crippen MR) is 93.5 cm³/mol. The van der Waals surface area contributed by atoms with Crippen molar-refractivity contribution in [3.05, 3.63) is 47.5 Å². The van der Waals surface area contributed by atoms with Crippen molar-refractivity contribution in [1.29, 1.82) is 0 Å². The van der Waals surface area contributed by atoms with Gasteiger partial charge in [0.05, 0.1) is 30.5 Å². The van der Waals surface area contributed by atoms with Crippen molar-refractivity contribution < 1.29 is 14.1 Å². The van der Waals surface area contributed by atoms with Crippen LogP contribution in [0.4, 0.5) is 5.82 Å². The van der Waals surface area contributed by atoms with E-state index in [-0.39, 0.29) is 12.3 Å². The molecule has 0 aliphatic carbocycles. The van der Waals surface area contributed by atoms with E-state index in [2.05, 4.69) is 15.6 Å². The van der Waals surface area contributed by atoms with Crippen LogP contribution in [0, 0.1) is 13.8 Å². The maximum absolute atomic E-state index is 12.4. The molecule has 25 heavy (non-hydrogen) atoms. The summed E-state index contributed by atoms with van der Waals surface area (Å²) < 4.78 is 12.2. The van der Waals surface area contributed by atoms with Crippen molar-refractivity contribution in [2.75, 3.05) is 12.4 Å². The molecule has 2 aromatic heterocycles. The number of amides is 1. The van der Waals surface area contributed by atoms with Gasteiger partial charge in [-0.25, -0.2) is 0 Å². The topological polar surface area (TPSA) is 82.2 Å². The zero-order valence-electron chi connectivity index (χ0n) is 14.7. The molecule has 0 atom stereocenters. The van der Waals surface area contributed by atoms with Crippen LogP contribution in [0.15, 0.2) is 34.9 Å². The first-order chi connectivity index (χ1) is 12.0. The number of hydrogen-bond acceptors (Lipinski definition) is 5. The summed E-state index contributed by atoms with van der Waals surface area (Å²) in [5.74, 6) is 1.66. The largest absolute Gasteiger partial charge is 0.496 e. The highest BCUT2D eigenvalue weighted by Gasteiger charge is 2.20. The number of hydrogen-bond donors (Lipinski definition) is 1. The highest BCUT2D eigenvalue weighted by atomic mass is 16.5. The van der Waals surface area contributed by atoms with Gasteiger partial charge in [-0.1, -0.05) is 23.4 Å². The number of aromatic nitrogens is 3. The molecule has 0 unspecified atom stereocenters. The lowest BCUT2D eigenvalue weighted by atomic mass is 10.0. The van der Waals surface area contributed by atoms with Crippen LogP contribution in [-0.4, -0.2) is 28.0 Å². The second kappa shape index (κ2) is 6.80. The van der Waals surface area contributed by atoms with E-state index >= 15 is 0 Å². The van der Waals surface area contributed by atoms with Gasteiger partial charge in [-0.3, -0.25) is 9.48 Å². The van der Waals surface area contributed by atoms with Crippen molar-refractivity contribution in [3.63, 3.8) is 0 Å². The molecule has 7 heteroatoms. The second-order valence-corrected chi connectivity index (χ2v) is 5.79. The lowest BCUT2D eigenvalue weighted by molar-refractivity contribution is -0.115. The van der Waals surface area contributed by atoms with Crippen molar-refractivity contribution in [3.8, 4) is 16.9 Å². The Kier molecular flexibility index (Phi) is 4.56. The normalized spacial score (nSPS) is 10.7. The zero-order chi connectivity index (χ0) is 18.0. The summed E-state index contributed by atoms with van der Waals surface area (Å²) in [5.41, 5.74) is 3.26. The van der Waals surface area contributed by atoms with Crippen molar-refractivity contribution in [1.82, 2.24) is 14.9 Å². The molecule has 2 heterocycles. The third kappa shape index (κ3) is 3.40. The second-order valence-electron chi connectivity index (χ2n) is 5.79. The van der Waals surface area contributed by atoms with Gasteiger partial charge in [-0.2, -0.15) is 5.10 Å². The Hall–Kier alpha value is -3.09. The molecule has 0 fully saturated rings. The highest BCUT2D eigenvalue weighted by Crippen LogP contribution is 2.37. The van der Waals surface area contributed by atoms with E-state index in [1.54, 1.807) is 24.9 Å². The number of nitrogens with zero attached hydrogens (tertiary/aromatic N) is 3. The number of carbonyl (C=O) groups is 1. The van der Waals surface area contributed by atoms with Crippen LogP contribution in [0.5, 0.6) is 5.75 Å². The molecule has 0 bridgehead atoms. The summed E-state index contributed by atoms with van der Waals surface area (Å²) in [4.78, 5) is 12.4. The van der Waals surface area contributed by atoms with Crippen molar-refractivity contribution >= 4 is 11.7 Å². The van der Waals surface area contributed by atoms with Crippen LogP contribution in [0.2, 0.25) is 0 Å². The van der Waals surface area contributed by atoms with Crippen LogP contribution >= 0.6 is 0 Å². The molecular formula is C18H20N4O3. The number of anilines is 1. The van der Waals surface area contributed by atoms with E-state index in [0.29, 0.717) is 11.6 Å². The standard InChI is InChI=1S/C18H20N4O3/c1-11-9-13(25-21-11)10-16(23)19-18-17(12(2)20-22(18)3)14-7-5-6-8-15(14)24-4/h5-9H,10H2,1-4H3,(H,19,23). The SMILES string of the molecule is COc1ccccc1-c1c(C)nn(C)c1NC(=O)Cc1cc(C)no1. The Morgan fingerprint density at radius 3 is 2.76 bits per heavy atom. The Labute approximate surface area is 145 Å². The minimum atomic E-state index is -0.199. The number of ether oxygens (including phenoxy) is 1. The average molecular weight is 340 g/mol. The van der Waals surface area contributed by atoms with Gasteiger partial charge in [0.25, 0.3) is 0 Å². The summed E-state index contributed by atoms with van der Waals surface area (Å²) in [5, 5.41) is 11.2. The Balaban J connectivity index is 1.93. The molecule has 1 aromatic carbocycles. The van der Waals surface area contributed by atoms with Gasteiger partial charge in [0, 0.05) is 18.7 Å². The quantitative estimate of drug-likeness (QED) is 0.772. The molecule has 3 rings (SSSR count). The minimum absolute atomic E-state index is 0.108. The first kappa shape index (κ1) is 16.8. The van der Waals surface area contributed by atoms with E-state index in [9.17, 15) is 4.79 Å². The van der Waals surface area contributed by atoms with Gasteiger partial charge < -0.3 is 14.6 Å². The van der Waals surface area contributed by atoms with E-state index in [1.807, 2.05) is 38.1 Å². The zero-order valence-corrected chi connectivity index (χ0v) is 14.7. The lowest BCUT2D eigenvalue weighted by Crippen LogP contribution is -2.17. The van der Waals surface area contributed by atoms with Crippen LogP contribution in [-0.2, 0) is 18.3 Å². The lowest BCUT2D eigenvalue weighted by Gasteiger charge is -2.11. The van der Waals surface area contributed by atoms with Crippen LogP contribution < -0.4 is 10.1 Å². The molecule has 0 aliphatic heterocycles. The highest BCUT2D eigenvalue weighted by molar-refractivity contribution is 5.96. The molecule has 1 amide bonds. The Bertz CT molecular complexity index is 911. The minimum Gasteiger partial charge on any atom is -0.496 e. The average Bonchev–Trinajstić information content (AvgIpc) is 3.10. The molecule has 3 aromatic rings. The molecule has 130 valence electrons. The van der Waals surface area contributed by atoms with E-state index in [4.69, 9.17) is 9.26 Å². The van der Waals surface area contributed by atoms with Crippen molar-refractivity contribution in [2.45, 2.75) is 20.3 Å². The molecular weight excluding hydrogens is 320 g/mol. The number of carbonyl (C=O) groups excluding carboxylic acids is 1.